The van der Waals surface area contributed by atoms with Crippen LogP contribution in [0.25, 0.3) is 0 Å². The number of hydrogen-bond acceptors (Lipinski definition) is 4. The van der Waals surface area contributed by atoms with Crippen LogP contribution in [0, 0.1) is 5.82 Å². The number of carbonyl (C=O) groups is 1. The Morgan fingerprint density at radius 2 is 2.08 bits per heavy atom. The highest BCUT2D eigenvalue weighted by Crippen LogP contribution is 2.24. The molecule has 0 saturated carbocycles. The van der Waals surface area contributed by atoms with Gasteiger partial charge < -0.3 is 15.3 Å². The normalized spacial score (nSPS) is 15.2. The summed E-state index contributed by atoms with van der Waals surface area (Å²) in [5.41, 5.74) is 2.11. The number of halogens is 1. The summed E-state index contributed by atoms with van der Waals surface area (Å²) in [5.74, 6) is -0.419. The van der Waals surface area contributed by atoms with Gasteiger partial charge in [-0.15, -0.1) is 0 Å². The number of amides is 1. The highest BCUT2D eigenvalue weighted by molar-refractivity contribution is 5.78. The number of nitrogens with one attached hydrogen (secondary N) is 1. The molecule has 2 heterocycles. The van der Waals surface area contributed by atoms with E-state index >= 15 is 0 Å². The van der Waals surface area contributed by atoms with Crippen LogP contribution in [0.3, 0.4) is 0 Å². The molecule has 132 valence electrons. The van der Waals surface area contributed by atoms with Gasteiger partial charge in [-0.1, -0.05) is 12.1 Å². The zero-order valence-electron chi connectivity index (χ0n) is 14.0. The molecule has 1 saturated heterocycles. The predicted molar refractivity (Wildman–Crippen MR) is 93.6 cm³/mol. The molecule has 0 bridgehead atoms. The third kappa shape index (κ3) is 4.76. The summed E-state index contributed by atoms with van der Waals surface area (Å²) >= 11 is 0. The first-order valence-corrected chi connectivity index (χ1v) is 8.49. The topological polar surface area (TPSA) is 65.5 Å². The first kappa shape index (κ1) is 17.4. The molecule has 1 amide bonds. The Bertz CT molecular complexity index is 716. The van der Waals surface area contributed by atoms with E-state index in [4.69, 9.17) is 0 Å². The molecule has 2 aromatic rings. The number of pyridine rings is 1. The molecule has 5 nitrogen and oxygen atoms in total. The van der Waals surface area contributed by atoms with Crippen LogP contribution in [0.4, 0.5) is 10.1 Å². The van der Waals surface area contributed by atoms with E-state index in [-0.39, 0.29) is 30.8 Å². The Morgan fingerprint density at radius 1 is 1.28 bits per heavy atom. The average molecular weight is 343 g/mol. The number of hydrogen-bond donors (Lipinski definition) is 2. The molecule has 1 aromatic heterocycles. The van der Waals surface area contributed by atoms with Crippen molar-refractivity contribution in [3.63, 3.8) is 0 Å². The Kier molecular flexibility index (Phi) is 5.60. The van der Waals surface area contributed by atoms with Gasteiger partial charge in [0, 0.05) is 32.0 Å². The third-order valence-corrected chi connectivity index (χ3v) is 4.39. The van der Waals surface area contributed by atoms with E-state index in [1.165, 1.54) is 6.07 Å². The van der Waals surface area contributed by atoms with E-state index in [0.29, 0.717) is 31.6 Å². The molecule has 1 fully saturated rings. The van der Waals surface area contributed by atoms with Crippen molar-refractivity contribution in [3.8, 4) is 0 Å². The second-order valence-corrected chi connectivity index (χ2v) is 6.32. The lowest BCUT2D eigenvalue weighted by Crippen LogP contribution is -2.36. The molecule has 25 heavy (non-hydrogen) atoms. The molecule has 0 spiro atoms. The van der Waals surface area contributed by atoms with E-state index in [1.807, 2.05) is 17.0 Å². The van der Waals surface area contributed by atoms with Crippen molar-refractivity contribution in [2.75, 3.05) is 18.0 Å². The van der Waals surface area contributed by atoms with Crippen LogP contribution >= 0.6 is 0 Å². The molecule has 0 unspecified atom stereocenters. The summed E-state index contributed by atoms with van der Waals surface area (Å²) in [6, 6.07) is 8.67. The van der Waals surface area contributed by atoms with E-state index in [9.17, 15) is 14.3 Å². The summed E-state index contributed by atoms with van der Waals surface area (Å²) in [7, 11) is 0. The van der Waals surface area contributed by atoms with Gasteiger partial charge in [0.2, 0.25) is 5.91 Å². The van der Waals surface area contributed by atoms with E-state index in [2.05, 4.69) is 10.3 Å². The Balaban J connectivity index is 1.55. The Morgan fingerprint density at radius 3 is 2.76 bits per heavy atom. The molecule has 0 atom stereocenters. The minimum Gasteiger partial charge on any atom is -0.393 e. The van der Waals surface area contributed by atoms with Gasteiger partial charge in [-0.25, -0.2) is 4.39 Å². The molecule has 0 aliphatic carbocycles. The van der Waals surface area contributed by atoms with E-state index in [1.54, 1.807) is 24.5 Å². The zero-order valence-corrected chi connectivity index (χ0v) is 14.0. The number of aromatic nitrogens is 1. The van der Waals surface area contributed by atoms with Crippen LogP contribution in [0.2, 0.25) is 0 Å². The van der Waals surface area contributed by atoms with Gasteiger partial charge in [-0.3, -0.25) is 9.78 Å². The molecule has 1 aromatic carbocycles. The highest BCUT2D eigenvalue weighted by Gasteiger charge is 2.19. The second-order valence-electron chi connectivity index (χ2n) is 6.32. The number of aliphatic hydroxyl groups excluding tert-OH is 1. The lowest BCUT2D eigenvalue weighted by Gasteiger charge is -2.31. The number of anilines is 1. The van der Waals surface area contributed by atoms with Gasteiger partial charge >= 0.3 is 0 Å². The van der Waals surface area contributed by atoms with Gasteiger partial charge in [0.25, 0.3) is 0 Å². The first-order valence-electron chi connectivity index (χ1n) is 8.49. The van der Waals surface area contributed by atoms with E-state index in [0.717, 1.165) is 11.1 Å². The van der Waals surface area contributed by atoms with Crippen molar-refractivity contribution in [3.05, 3.63) is 59.7 Å². The SMILES string of the molecule is O=C(Cc1cccnc1)NCc1ccc(N2CCC(O)CC2)c(F)c1. The zero-order chi connectivity index (χ0) is 17.6. The fourth-order valence-electron chi connectivity index (χ4n) is 2.97. The lowest BCUT2D eigenvalue weighted by atomic mass is 10.1. The van der Waals surface area contributed by atoms with Crippen LogP contribution in [0.5, 0.6) is 0 Å². The van der Waals surface area contributed by atoms with Crippen LogP contribution in [0.1, 0.15) is 24.0 Å². The van der Waals surface area contributed by atoms with Gasteiger partial charge in [0.1, 0.15) is 5.82 Å². The minimum atomic E-state index is -0.296. The summed E-state index contributed by atoms with van der Waals surface area (Å²) in [5, 5.41) is 12.3. The van der Waals surface area contributed by atoms with Crippen molar-refractivity contribution in [1.82, 2.24) is 10.3 Å². The van der Waals surface area contributed by atoms with Gasteiger partial charge in [-0.05, 0) is 42.2 Å². The fourth-order valence-corrected chi connectivity index (χ4v) is 2.97. The largest absolute Gasteiger partial charge is 0.393 e. The molecule has 3 rings (SSSR count). The number of carbonyl (C=O) groups excluding carboxylic acids is 1. The summed E-state index contributed by atoms with van der Waals surface area (Å²) in [6.07, 6.45) is 4.61. The smallest absolute Gasteiger partial charge is 0.224 e. The average Bonchev–Trinajstić information content (AvgIpc) is 2.62. The van der Waals surface area contributed by atoms with Gasteiger partial charge in [0.15, 0.2) is 0 Å². The Labute approximate surface area is 146 Å². The molecule has 1 aliphatic rings. The van der Waals surface area contributed by atoms with Crippen LogP contribution in [0.15, 0.2) is 42.7 Å². The fraction of sp³-hybridized carbons (Fsp3) is 0.368. The first-order chi connectivity index (χ1) is 12.1. The molecule has 6 heteroatoms. The maximum Gasteiger partial charge on any atom is 0.224 e. The standard InChI is InChI=1S/C19H22FN3O2/c20-17-10-15(3-4-18(17)23-8-5-16(24)6-9-23)13-22-19(25)11-14-2-1-7-21-12-14/h1-4,7,10,12,16,24H,5-6,8-9,11,13H2,(H,22,25). The monoisotopic (exact) mass is 343 g/mol. The van der Waals surface area contributed by atoms with Crippen molar-refractivity contribution in [1.29, 1.82) is 0 Å². The maximum absolute atomic E-state index is 14.4. The molecule has 0 radical (unpaired) electrons. The number of benzene rings is 1. The summed E-state index contributed by atoms with van der Waals surface area (Å²) in [4.78, 5) is 17.9. The number of nitrogens with zero attached hydrogens (tertiary/aromatic N) is 2. The Hall–Kier alpha value is -2.47. The molecular weight excluding hydrogens is 321 g/mol. The third-order valence-electron chi connectivity index (χ3n) is 4.39. The van der Waals surface area contributed by atoms with Crippen molar-refractivity contribution in [2.24, 2.45) is 0 Å². The molecular formula is C19H22FN3O2. The summed E-state index contributed by atoms with van der Waals surface area (Å²) < 4.78 is 14.4. The van der Waals surface area contributed by atoms with Crippen molar-refractivity contribution in [2.45, 2.75) is 31.9 Å². The van der Waals surface area contributed by atoms with Crippen molar-refractivity contribution >= 4 is 11.6 Å². The summed E-state index contributed by atoms with van der Waals surface area (Å²) in [6.45, 7) is 1.59. The highest BCUT2D eigenvalue weighted by atomic mass is 19.1. The quantitative estimate of drug-likeness (QED) is 0.872. The van der Waals surface area contributed by atoms with Gasteiger partial charge in [-0.2, -0.15) is 0 Å². The van der Waals surface area contributed by atoms with Crippen molar-refractivity contribution < 1.29 is 14.3 Å². The van der Waals surface area contributed by atoms with Crippen LogP contribution < -0.4 is 10.2 Å². The molecule has 1 aliphatic heterocycles. The number of aliphatic hydroxyl groups is 1. The van der Waals surface area contributed by atoms with Gasteiger partial charge in [0.05, 0.1) is 18.2 Å². The number of rotatable bonds is 5. The number of piperidine rings is 1. The van der Waals surface area contributed by atoms with E-state index < -0.39 is 0 Å². The maximum atomic E-state index is 14.4. The predicted octanol–water partition coefficient (Wildman–Crippen LogP) is 2.04. The van der Waals surface area contributed by atoms with Crippen LogP contribution in [-0.2, 0) is 17.8 Å². The van der Waals surface area contributed by atoms with Crippen LogP contribution in [-0.4, -0.2) is 35.2 Å². The molecule has 2 N–H and O–H groups in total. The lowest BCUT2D eigenvalue weighted by molar-refractivity contribution is -0.120. The minimum absolute atomic E-state index is 0.123. The second kappa shape index (κ2) is 8.07.